The van der Waals surface area contributed by atoms with Gasteiger partial charge in [-0.1, -0.05) is 17.7 Å². The average molecular weight is 399 g/mol. The van der Waals surface area contributed by atoms with E-state index in [0.29, 0.717) is 28.4 Å². The molecule has 1 amide bonds. The number of H-pyrrole nitrogens is 1. The number of aromatic amines is 1. The number of Topliss-reactive ketones (excluding diaryl/α,β-unsaturated/α-hetero) is 1. The third-order valence-electron chi connectivity index (χ3n) is 4.26. The van der Waals surface area contributed by atoms with Crippen molar-refractivity contribution in [3.8, 4) is 0 Å². The SMILES string of the molecule is COCc1cc(=O)[nH]c2cc(NC(=O)CCC(=O)c3ccc(Cl)cc3)ccc12. The minimum absolute atomic E-state index is 0.0553. The van der Waals surface area contributed by atoms with Crippen LogP contribution in [0.2, 0.25) is 5.02 Å². The number of methoxy groups -OCH3 is 1. The second-order valence-electron chi connectivity index (χ2n) is 6.33. The lowest BCUT2D eigenvalue weighted by Gasteiger charge is -2.09. The van der Waals surface area contributed by atoms with Crippen LogP contribution in [0.5, 0.6) is 0 Å². The van der Waals surface area contributed by atoms with E-state index in [-0.39, 0.29) is 30.1 Å². The summed E-state index contributed by atoms with van der Waals surface area (Å²) in [5.74, 6) is -0.407. The number of fused-ring (bicyclic) bond motifs is 1. The van der Waals surface area contributed by atoms with E-state index in [1.165, 1.54) is 6.07 Å². The molecule has 1 aromatic heterocycles. The molecule has 0 atom stereocenters. The Hall–Kier alpha value is -2.96. The summed E-state index contributed by atoms with van der Waals surface area (Å²) < 4.78 is 5.12. The fourth-order valence-electron chi connectivity index (χ4n) is 2.92. The molecule has 6 nitrogen and oxygen atoms in total. The van der Waals surface area contributed by atoms with Gasteiger partial charge in [-0.25, -0.2) is 0 Å². The normalized spacial score (nSPS) is 10.8. The zero-order valence-corrected chi connectivity index (χ0v) is 16.0. The number of pyridine rings is 1. The van der Waals surface area contributed by atoms with Crippen molar-refractivity contribution >= 4 is 39.9 Å². The van der Waals surface area contributed by atoms with Crippen molar-refractivity contribution in [3.05, 3.63) is 75.0 Å². The molecule has 0 aliphatic heterocycles. The fraction of sp³-hybridized carbons (Fsp3) is 0.190. The number of amides is 1. The van der Waals surface area contributed by atoms with Gasteiger partial charge in [0.2, 0.25) is 11.5 Å². The quantitative estimate of drug-likeness (QED) is 0.590. The minimum Gasteiger partial charge on any atom is -0.380 e. The highest BCUT2D eigenvalue weighted by atomic mass is 35.5. The van der Waals surface area contributed by atoms with Gasteiger partial charge < -0.3 is 15.0 Å². The van der Waals surface area contributed by atoms with Gasteiger partial charge in [-0.05, 0) is 42.0 Å². The van der Waals surface area contributed by atoms with Crippen LogP contribution in [0.3, 0.4) is 0 Å². The molecule has 2 N–H and O–H groups in total. The molecule has 28 heavy (non-hydrogen) atoms. The molecule has 0 bridgehead atoms. The van der Waals surface area contributed by atoms with E-state index in [1.54, 1.807) is 43.5 Å². The molecular formula is C21H19ClN2O4. The molecule has 3 rings (SSSR count). The van der Waals surface area contributed by atoms with E-state index in [9.17, 15) is 14.4 Å². The summed E-state index contributed by atoms with van der Waals surface area (Å²) in [4.78, 5) is 38.9. The van der Waals surface area contributed by atoms with Crippen LogP contribution in [-0.2, 0) is 16.1 Å². The number of hydrogen-bond acceptors (Lipinski definition) is 4. The molecule has 3 aromatic rings. The van der Waals surface area contributed by atoms with E-state index in [1.807, 2.05) is 6.07 Å². The van der Waals surface area contributed by atoms with Gasteiger partial charge in [0.15, 0.2) is 5.78 Å². The molecule has 0 spiro atoms. The number of anilines is 1. The zero-order chi connectivity index (χ0) is 20.1. The number of ketones is 1. The summed E-state index contributed by atoms with van der Waals surface area (Å²) in [6, 6.07) is 13.3. The van der Waals surface area contributed by atoms with Crippen molar-refractivity contribution in [1.29, 1.82) is 0 Å². The number of carbonyl (C=O) groups is 2. The Labute approximate surface area is 166 Å². The highest BCUT2D eigenvalue weighted by Gasteiger charge is 2.11. The lowest BCUT2D eigenvalue weighted by atomic mass is 10.1. The van der Waals surface area contributed by atoms with Crippen LogP contribution >= 0.6 is 11.6 Å². The van der Waals surface area contributed by atoms with Crippen molar-refractivity contribution in [1.82, 2.24) is 4.98 Å². The van der Waals surface area contributed by atoms with E-state index in [4.69, 9.17) is 16.3 Å². The Morgan fingerprint density at radius 3 is 2.54 bits per heavy atom. The fourth-order valence-corrected chi connectivity index (χ4v) is 3.04. The summed E-state index contributed by atoms with van der Waals surface area (Å²) in [5.41, 5.74) is 2.20. The molecule has 1 heterocycles. The van der Waals surface area contributed by atoms with Crippen LogP contribution in [0.25, 0.3) is 10.9 Å². The Bertz CT molecular complexity index is 1070. The summed E-state index contributed by atoms with van der Waals surface area (Å²) >= 11 is 5.81. The van der Waals surface area contributed by atoms with E-state index < -0.39 is 0 Å². The lowest BCUT2D eigenvalue weighted by molar-refractivity contribution is -0.116. The first-order valence-corrected chi connectivity index (χ1v) is 9.07. The van der Waals surface area contributed by atoms with Crippen molar-refractivity contribution in [2.45, 2.75) is 19.4 Å². The third kappa shape index (κ3) is 4.85. The topological polar surface area (TPSA) is 88.3 Å². The molecular weight excluding hydrogens is 380 g/mol. The smallest absolute Gasteiger partial charge is 0.248 e. The molecule has 0 aliphatic rings. The van der Waals surface area contributed by atoms with Crippen LogP contribution in [-0.4, -0.2) is 23.8 Å². The number of halogens is 1. The van der Waals surface area contributed by atoms with Crippen LogP contribution in [0, 0.1) is 0 Å². The Morgan fingerprint density at radius 1 is 1.07 bits per heavy atom. The second-order valence-corrected chi connectivity index (χ2v) is 6.77. The van der Waals surface area contributed by atoms with Gasteiger partial charge in [0.25, 0.3) is 0 Å². The van der Waals surface area contributed by atoms with Crippen LogP contribution in [0.4, 0.5) is 5.69 Å². The van der Waals surface area contributed by atoms with Crippen molar-refractivity contribution in [3.63, 3.8) is 0 Å². The van der Waals surface area contributed by atoms with Crippen LogP contribution < -0.4 is 10.9 Å². The maximum absolute atomic E-state index is 12.2. The molecule has 0 aliphatic carbocycles. The molecule has 144 valence electrons. The molecule has 0 saturated heterocycles. The van der Waals surface area contributed by atoms with Crippen LogP contribution in [0.1, 0.15) is 28.8 Å². The standard InChI is InChI=1S/C21H19ClN2O4/c1-28-12-14-10-21(27)24-18-11-16(6-7-17(14)18)23-20(26)9-8-19(25)13-2-4-15(22)5-3-13/h2-7,10-11H,8-9,12H2,1H3,(H,23,26)(H,24,27). The van der Waals surface area contributed by atoms with Gasteiger partial charge in [-0.15, -0.1) is 0 Å². The Morgan fingerprint density at radius 2 is 1.82 bits per heavy atom. The first kappa shape index (κ1) is 19.8. The Kier molecular flexibility index (Phi) is 6.23. The maximum atomic E-state index is 12.2. The summed E-state index contributed by atoms with van der Waals surface area (Å²) in [7, 11) is 1.56. The van der Waals surface area contributed by atoms with Crippen molar-refractivity contribution < 1.29 is 14.3 Å². The van der Waals surface area contributed by atoms with Gasteiger partial charge in [-0.3, -0.25) is 14.4 Å². The Balaban J connectivity index is 1.66. The van der Waals surface area contributed by atoms with Gasteiger partial charge in [0.1, 0.15) is 0 Å². The first-order chi connectivity index (χ1) is 13.5. The number of carbonyl (C=O) groups excluding carboxylic acids is 2. The lowest BCUT2D eigenvalue weighted by Crippen LogP contribution is -2.14. The number of benzene rings is 2. The van der Waals surface area contributed by atoms with Crippen molar-refractivity contribution in [2.24, 2.45) is 0 Å². The van der Waals surface area contributed by atoms with E-state index >= 15 is 0 Å². The number of ether oxygens (including phenoxy) is 1. The summed E-state index contributed by atoms with van der Waals surface area (Å²) in [6.45, 7) is 0.318. The van der Waals surface area contributed by atoms with E-state index in [2.05, 4.69) is 10.3 Å². The second kappa shape index (κ2) is 8.82. The molecule has 0 radical (unpaired) electrons. The number of nitrogens with one attached hydrogen (secondary N) is 2. The largest absolute Gasteiger partial charge is 0.380 e. The van der Waals surface area contributed by atoms with Crippen molar-refractivity contribution in [2.75, 3.05) is 12.4 Å². The molecule has 2 aromatic carbocycles. The zero-order valence-electron chi connectivity index (χ0n) is 15.3. The molecule has 0 fully saturated rings. The van der Waals surface area contributed by atoms with E-state index in [0.717, 1.165) is 10.9 Å². The van der Waals surface area contributed by atoms with Crippen LogP contribution in [0.15, 0.2) is 53.3 Å². The molecule has 7 heteroatoms. The maximum Gasteiger partial charge on any atom is 0.248 e. The monoisotopic (exact) mass is 398 g/mol. The summed E-state index contributed by atoms with van der Waals surface area (Å²) in [6.07, 6.45) is 0.148. The average Bonchev–Trinajstić information content (AvgIpc) is 2.66. The predicted octanol–water partition coefficient (Wildman–Crippen LogP) is 3.93. The summed E-state index contributed by atoms with van der Waals surface area (Å²) in [5, 5.41) is 4.15. The molecule has 0 unspecified atom stereocenters. The van der Waals surface area contributed by atoms with Gasteiger partial charge in [-0.2, -0.15) is 0 Å². The molecule has 0 saturated carbocycles. The van der Waals surface area contributed by atoms with Gasteiger partial charge in [0, 0.05) is 47.7 Å². The third-order valence-corrected chi connectivity index (χ3v) is 4.51. The number of aromatic nitrogens is 1. The highest BCUT2D eigenvalue weighted by Crippen LogP contribution is 2.20. The van der Waals surface area contributed by atoms with Gasteiger partial charge >= 0.3 is 0 Å². The van der Waals surface area contributed by atoms with Gasteiger partial charge in [0.05, 0.1) is 12.1 Å². The highest BCUT2D eigenvalue weighted by molar-refractivity contribution is 6.30. The number of hydrogen-bond donors (Lipinski definition) is 2. The first-order valence-electron chi connectivity index (χ1n) is 8.70. The number of rotatable bonds is 7. The predicted molar refractivity (Wildman–Crippen MR) is 109 cm³/mol. The minimum atomic E-state index is -0.281.